The third kappa shape index (κ3) is 6.62. The maximum absolute atomic E-state index is 12.3. The fourth-order valence-corrected chi connectivity index (χ4v) is 2.25. The summed E-state index contributed by atoms with van der Waals surface area (Å²) in [6, 6.07) is 5.51. The van der Waals surface area contributed by atoms with Gasteiger partial charge >= 0.3 is 12.2 Å². The minimum atomic E-state index is -1.06. The number of carboxylic acid groups (broad SMARTS) is 1. The van der Waals surface area contributed by atoms with Crippen molar-refractivity contribution in [1.82, 2.24) is 10.2 Å². The van der Waals surface area contributed by atoms with Gasteiger partial charge in [0.15, 0.2) is 0 Å². The number of hydrogen-bond acceptors (Lipinski definition) is 4. The van der Waals surface area contributed by atoms with Crippen LogP contribution in [-0.2, 0) is 11.2 Å². The molecule has 0 atom stereocenters. The van der Waals surface area contributed by atoms with Gasteiger partial charge in [-0.15, -0.1) is 0 Å². The number of hydrogen-bond donors (Lipinski definition) is 3. The van der Waals surface area contributed by atoms with Crippen molar-refractivity contribution in [1.29, 1.82) is 0 Å². The van der Waals surface area contributed by atoms with Crippen molar-refractivity contribution >= 4 is 23.8 Å². The fraction of sp³-hybridized carbons (Fsp3) is 0.500. The van der Waals surface area contributed by atoms with Crippen LogP contribution in [0.15, 0.2) is 23.2 Å². The lowest BCUT2D eigenvalue weighted by atomic mass is 10.0. The molecule has 0 saturated heterocycles. The molecule has 0 aliphatic heterocycles. The molecule has 1 rings (SSSR count). The average molecular weight is 364 g/mol. The predicted octanol–water partition coefficient (Wildman–Crippen LogP) is 3.01. The number of nitrogens with zero attached hydrogens (tertiary/aromatic N) is 2. The first-order valence-corrected chi connectivity index (χ1v) is 8.45. The van der Waals surface area contributed by atoms with Crippen molar-refractivity contribution in [2.45, 2.75) is 46.6 Å². The first-order chi connectivity index (χ1) is 12.0. The Hall–Kier alpha value is -2.77. The van der Waals surface area contributed by atoms with Gasteiger partial charge in [0.25, 0.3) is 0 Å². The summed E-state index contributed by atoms with van der Waals surface area (Å²) in [6.45, 7) is 9.64. The maximum Gasteiger partial charge on any atom is 0.417 e. The van der Waals surface area contributed by atoms with Crippen molar-refractivity contribution in [3.63, 3.8) is 0 Å². The Morgan fingerprint density at radius 2 is 2.00 bits per heavy atom. The van der Waals surface area contributed by atoms with E-state index in [1.807, 2.05) is 19.1 Å². The van der Waals surface area contributed by atoms with E-state index in [0.29, 0.717) is 25.2 Å². The summed E-state index contributed by atoms with van der Waals surface area (Å²) in [5.41, 5.74) is 7.85. The third-order valence-electron chi connectivity index (χ3n) is 3.53. The van der Waals surface area contributed by atoms with Crippen LogP contribution in [0.1, 0.15) is 38.8 Å². The smallest absolute Gasteiger partial charge is 0.417 e. The molecule has 26 heavy (non-hydrogen) atoms. The van der Waals surface area contributed by atoms with Gasteiger partial charge in [-0.2, -0.15) is 0 Å². The number of carbonyl (C=O) groups is 2. The van der Waals surface area contributed by atoms with Gasteiger partial charge in [-0.05, 0) is 58.2 Å². The van der Waals surface area contributed by atoms with Gasteiger partial charge in [-0.3, -0.25) is 0 Å². The van der Waals surface area contributed by atoms with Crippen LogP contribution in [0.5, 0.6) is 0 Å². The number of nitrogens with one attached hydrogen (secondary N) is 1. The highest BCUT2D eigenvalue weighted by Crippen LogP contribution is 2.22. The first-order valence-electron chi connectivity index (χ1n) is 8.45. The van der Waals surface area contributed by atoms with E-state index in [-0.39, 0.29) is 5.96 Å². The van der Waals surface area contributed by atoms with Gasteiger partial charge in [-0.25, -0.2) is 19.5 Å². The molecule has 0 radical (unpaired) electrons. The largest absolute Gasteiger partial charge is 0.465 e. The fourth-order valence-electron chi connectivity index (χ4n) is 2.25. The van der Waals surface area contributed by atoms with E-state index in [1.165, 1.54) is 4.90 Å². The lowest BCUT2D eigenvalue weighted by Crippen LogP contribution is -2.44. The van der Waals surface area contributed by atoms with Crippen LogP contribution in [-0.4, -0.2) is 46.8 Å². The molecule has 8 heteroatoms. The molecule has 1 aromatic carbocycles. The van der Waals surface area contributed by atoms with Crippen molar-refractivity contribution in [2.75, 3.05) is 13.1 Å². The molecule has 1 aromatic rings. The zero-order valence-corrected chi connectivity index (χ0v) is 16.0. The highest BCUT2D eigenvalue weighted by molar-refractivity contribution is 5.94. The zero-order valence-electron chi connectivity index (χ0n) is 16.0. The van der Waals surface area contributed by atoms with Gasteiger partial charge in [0.05, 0.1) is 5.69 Å². The van der Waals surface area contributed by atoms with Gasteiger partial charge in [0.1, 0.15) is 5.60 Å². The van der Waals surface area contributed by atoms with Gasteiger partial charge in [0.2, 0.25) is 5.96 Å². The number of carbonyl (C=O) groups excluding carboxylic acids is 1. The molecule has 0 spiro atoms. The molecule has 8 nitrogen and oxygen atoms in total. The van der Waals surface area contributed by atoms with Crippen LogP contribution in [0.3, 0.4) is 0 Å². The summed E-state index contributed by atoms with van der Waals surface area (Å²) in [6.07, 6.45) is -1.08. The quantitative estimate of drug-likeness (QED) is 0.548. The molecule has 4 N–H and O–H groups in total. The molecule has 144 valence electrons. The molecule has 0 saturated carbocycles. The molecule has 0 aromatic heterocycles. The number of nitrogens with two attached hydrogens (primary N) is 1. The molecule has 0 heterocycles. The molecule has 0 aliphatic rings. The third-order valence-corrected chi connectivity index (χ3v) is 3.53. The highest BCUT2D eigenvalue weighted by atomic mass is 16.6. The lowest BCUT2D eigenvalue weighted by Gasteiger charge is -2.25. The number of rotatable bonds is 5. The minimum Gasteiger partial charge on any atom is -0.465 e. The number of ether oxygens (including phenoxy) is 1. The number of benzene rings is 1. The van der Waals surface area contributed by atoms with Crippen LogP contribution < -0.4 is 11.1 Å². The van der Waals surface area contributed by atoms with E-state index in [9.17, 15) is 9.59 Å². The summed E-state index contributed by atoms with van der Waals surface area (Å²) in [5, 5.41) is 11.0. The normalized spacial score (nSPS) is 11.8. The topological polar surface area (TPSA) is 117 Å². The van der Waals surface area contributed by atoms with Crippen LogP contribution in [0.4, 0.5) is 15.3 Å². The molecular weight excluding hydrogens is 336 g/mol. The summed E-state index contributed by atoms with van der Waals surface area (Å²) >= 11 is 0. The van der Waals surface area contributed by atoms with E-state index < -0.39 is 17.8 Å². The van der Waals surface area contributed by atoms with Crippen LogP contribution in [0.25, 0.3) is 0 Å². The van der Waals surface area contributed by atoms with Gasteiger partial charge in [0, 0.05) is 13.1 Å². The molecule has 0 unspecified atom stereocenters. The Balaban J connectivity index is 2.99. The second-order valence-corrected chi connectivity index (χ2v) is 6.74. The molecule has 0 fully saturated rings. The minimum absolute atomic E-state index is 0.0469. The second kappa shape index (κ2) is 9.07. The molecule has 0 bridgehead atoms. The van der Waals surface area contributed by atoms with E-state index in [1.54, 1.807) is 33.8 Å². The van der Waals surface area contributed by atoms with Crippen LogP contribution in [0, 0.1) is 6.92 Å². The SMILES string of the molecule is CCN(C(=O)OC(C)(C)C)C(N)=Nc1cccc(CCNC(=O)O)c1C. The molecular formula is C18H28N4O4. The van der Waals surface area contributed by atoms with Gasteiger partial charge < -0.3 is 20.9 Å². The second-order valence-electron chi connectivity index (χ2n) is 6.74. The standard InChI is InChI=1S/C18H28N4O4/c1-6-22(17(25)26-18(3,4)5)15(19)21-14-9-7-8-13(12(14)2)10-11-20-16(23)24/h7-9,20H,6,10-11H2,1-5H3,(H2,19,21)(H,23,24). The molecule has 0 aliphatic carbocycles. The Kier molecular flexibility index (Phi) is 7.42. The Morgan fingerprint density at radius 3 is 2.54 bits per heavy atom. The Morgan fingerprint density at radius 1 is 1.35 bits per heavy atom. The Bertz CT molecular complexity index is 680. The van der Waals surface area contributed by atoms with Crippen molar-refractivity contribution < 1.29 is 19.4 Å². The maximum atomic E-state index is 12.3. The summed E-state index contributed by atoms with van der Waals surface area (Å²) in [5.74, 6) is 0.0469. The number of guanidine groups is 1. The van der Waals surface area contributed by atoms with Crippen molar-refractivity contribution in [3.05, 3.63) is 29.3 Å². The summed E-state index contributed by atoms with van der Waals surface area (Å²) in [4.78, 5) is 28.5. The van der Waals surface area contributed by atoms with E-state index in [4.69, 9.17) is 15.6 Å². The first kappa shape index (κ1) is 21.3. The van der Waals surface area contributed by atoms with Gasteiger partial charge in [-0.1, -0.05) is 12.1 Å². The molecule has 2 amide bonds. The van der Waals surface area contributed by atoms with Crippen molar-refractivity contribution in [2.24, 2.45) is 10.7 Å². The monoisotopic (exact) mass is 364 g/mol. The van der Waals surface area contributed by atoms with E-state index in [0.717, 1.165) is 11.1 Å². The lowest BCUT2D eigenvalue weighted by molar-refractivity contribution is 0.0375. The summed E-state index contributed by atoms with van der Waals surface area (Å²) < 4.78 is 5.34. The van der Waals surface area contributed by atoms with Crippen LogP contribution >= 0.6 is 0 Å². The number of aliphatic imine (C=N–C) groups is 1. The summed E-state index contributed by atoms with van der Waals surface area (Å²) in [7, 11) is 0. The van der Waals surface area contributed by atoms with Crippen LogP contribution in [0.2, 0.25) is 0 Å². The van der Waals surface area contributed by atoms with Crippen molar-refractivity contribution in [3.8, 4) is 0 Å². The predicted molar refractivity (Wildman–Crippen MR) is 101 cm³/mol. The average Bonchev–Trinajstić information content (AvgIpc) is 2.49. The van der Waals surface area contributed by atoms with E-state index in [2.05, 4.69) is 10.3 Å². The number of amides is 2. The Labute approximate surface area is 154 Å². The zero-order chi connectivity index (χ0) is 19.9. The highest BCUT2D eigenvalue weighted by Gasteiger charge is 2.23. The van der Waals surface area contributed by atoms with E-state index >= 15 is 0 Å².